The molecule has 0 radical (unpaired) electrons. The molecule has 2 aliphatic heterocycles. The summed E-state index contributed by atoms with van der Waals surface area (Å²) in [6.07, 6.45) is 12.4. The van der Waals surface area contributed by atoms with Crippen LogP contribution >= 0.6 is 0 Å². The minimum absolute atomic E-state index is 0.0365. The maximum atomic E-state index is 6.44. The number of fused-ring (bicyclic) bond motifs is 3. The predicted molar refractivity (Wildman–Crippen MR) is 242 cm³/mol. The van der Waals surface area contributed by atoms with Crippen LogP contribution in [0.4, 0.5) is 0 Å². The van der Waals surface area contributed by atoms with Crippen LogP contribution in [0.2, 0.25) is 0 Å². The Bertz CT molecular complexity index is 1910. The van der Waals surface area contributed by atoms with Crippen molar-refractivity contribution < 1.29 is 18.6 Å². The van der Waals surface area contributed by atoms with Gasteiger partial charge in [-0.1, -0.05) is 126 Å². The van der Waals surface area contributed by atoms with Gasteiger partial charge in [-0.25, -0.2) is 0 Å². The third-order valence-electron chi connectivity index (χ3n) is 14.4. The largest absolute Gasteiger partial charge is 0.494 e. The third kappa shape index (κ3) is 7.74. The molecule has 2 heterocycles. The first kappa shape index (κ1) is 42.0. The molecule has 0 amide bonds. The van der Waals surface area contributed by atoms with E-state index in [4.69, 9.17) is 18.6 Å². The molecular formula is C51H68B2O4. The Hall–Kier alpha value is -3.15. The normalized spacial score (nSPS) is 19.6. The van der Waals surface area contributed by atoms with Crippen LogP contribution in [0, 0.1) is 13.8 Å². The number of hydrogen-bond acceptors (Lipinski definition) is 4. The van der Waals surface area contributed by atoms with Crippen molar-refractivity contribution in [3.05, 3.63) is 95.1 Å². The Balaban J connectivity index is 1.28. The summed E-state index contributed by atoms with van der Waals surface area (Å²) in [4.78, 5) is 0. The molecule has 0 atom stereocenters. The van der Waals surface area contributed by atoms with Crippen molar-refractivity contribution in [3.63, 3.8) is 0 Å². The summed E-state index contributed by atoms with van der Waals surface area (Å²) in [5.74, 6) is 0. The number of aryl methyl sites for hydroxylation is 2. The van der Waals surface area contributed by atoms with Crippen LogP contribution < -0.4 is 10.9 Å². The molecule has 0 N–H and O–H groups in total. The Morgan fingerprint density at radius 1 is 0.421 bits per heavy atom. The van der Waals surface area contributed by atoms with E-state index in [1.54, 1.807) is 0 Å². The van der Waals surface area contributed by atoms with Crippen molar-refractivity contribution in [1.29, 1.82) is 0 Å². The molecule has 4 nitrogen and oxygen atoms in total. The predicted octanol–water partition coefficient (Wildman–Crippen LogP) is 12.4. The van der Waals surface area contributed by atoms with Gasteiger partial charge in [0.15, 0.2) is 0 Å². The van der Waals surface area contributed by atoms with Gasteiger partial charge in [-0.2, -0.15) is 0 Å². The van der Waals surface area contributed by atoms with Gasteiger partial charge in [-0.3, -0.25) is 0 Å². The van der Waals surface area contributed by atoms with Gasteiger partial charge >= 0.3 is 14.2 Å². The monoisotopic (exact) mass is 767 g/mol. The molecule has 7 rings (SSSR count). The van der Waals surface area contributed by atoms with Crippen molar-refractivity contribution in [3.8, 4) is 33.4 Å². The van der Waals surface area contributed by atoms with Gasteiger partial charge in [0.05, 0.1) is 22.4 Å². The van der Waals surface area contributed by atoms with E-state index in [-0.39, 0.29) is 42.1 Å². The lowest BCUT2D eigenvalue weighted by Gasteiger charge is -2.33. The van der Waals surface area contributed by atoms with Crippen molar-refractivity contribution in [2.75, 3.05) is 0 Å². The van der Waals surface area contributed by atoms with Gasteiger partial charge in [0, 0.05) is 5.41 Å². The molecule has 4 aromatic carbocycles. The minimum atomic E-state index is -0.368. The molecule has 0 unspecified atom stereocenters. The van der Waals surface area contributed by atoms with E-state index < -0.39 is 0 Å². The smallest absolute Gasteiger partial charge is 0.399 e. The van der Waals surface area contributed by atoms with Crippen LogP contribution in [0.3, 0.4) is 0 Å². The van der Waals surface area contributed by atoms with Gasteiger partial charge in [0.2, 0.25) is 0 Å². The lowest BCUT2D eigenvalue weighted by molar-refractivity contribution is 0.00578. The standard InChI is InChI=1S/C51H68B2O4/c1-13-15-17-19-29-51(30-20-18-16-14-2)45-33-37(41-27-23-39(31-35(41)3)52-54-47(5,6)48(7,8)55-52)21-25-43(45)44-26-22-38(34-46(44)51)42-28-24-40(32-36(42)4)53-56-49(9,10)50(11,12)57-53/h21-28,31-34H,13-20,29-30H2,1-12H3. The van der Waals surface area contributed by atoms with Crippen LogP contribution in [-0.2, 0) is 24.0 Å². The summed E-state index contributed by atoms with van der Waals surface area (Å²) in [6, 6.07) is 28.2. The van der Waals surface area contributed by atoms with Crippen molar-refractivity contribution in [2.45, 2.75) is 175 Å². The second-order valence-corrected chi connectivity index (χ2v) is 19.5. The molecule has 0 saturated carbocycles. The molecule has 57 heavy (non-hydrogen) atoms. The van der Waals surface area contributed by atoms with Crippen molar-refractivity contribution >= 4 is 25.2 Å². The minimum Gasteiger partial charge on any atom is -0.399 e. The van der Waals surface area contributed by atoms with Crippen LogP contribution in [0.15, 0.2) is 72.8 Å². The van der Waals surface area contributed by atoms with Crippen LogP contribution in [-0.4, -0.2) is 36.6 Å². The van der Waals surface area contributed by atoms with E-state index in [1.807, 2.05) is 0 Å². The molecule has 0 bridgehead atoms. The highest BCUT2D eigenvalue weighted by molar-refractivity contribution is 6.62. The van der Waals surface area contributed by atoms with Crippen LogP contribution in [0.25, 0.3) is 33.4 Å². The highest BCUT2D eigenvalue weighted by atomic mass is 16.7. The van der Waals surface area contributed by atoms with Crippen LogP contribution in [0.1, 0.15) is 156 Å². The number of hydrogen-bond donors (Lipinski definition) is 0. The first-order chi connectivity index (χ1) is 26.9. The summed E-state index contributed by atoms with van der Waals surface area (Å²) < 4.78 is 25.8. The average Bonchev–Trinajstić information content (AvgIpc) is 3.65. The number of unbranched alkanes of at least 4 members (excludes halogenated alkanes) is 6. The van der Waals surface area contributed by atoms with Gasteiger partial charge < -0.3 is 18.6 Å². The zero-order chi connectivity index (χ0) is 41.0. The molecule has 3 aliphatic rings. The van der Waals surface area contributed by atoms with Crippen molar-refractivity contribution in [2.24, 2.45) is 0 Å². The van der Waals surface area contributed by atoms with Crippen LogP contribution in [0.5, 0.6) is 0 Å². The molecule has 1 aliphatic carbocycles. The molecule has 4 aromatic rings. The topological polar surface area (TPSA) is 36.9 Å². The van der Waals surface area contributed by atoms with E-state index in [1.165, 1.54) is 120 Å². The highest BCUT2D eigenvalue weighted by Crippen LogP contribution is 2.56. The fourth-order valence-electron chi connectivity index (χ4n) is 9.47. The summed E-state index contributed by atoms with van der Waals surface area (Å²) in [6.45, 7) is 26.1. The Morgan fingerprint density at radius 3 is 1.11 bits per heavy atom. The fraction of sp³-hybridized carbons (Fsp3) is 0.529. The zero-order valence-electron chi connectivity index (χ0n) is 37.3. The Morgan fingerprint density at radius 2 is 0.772 bits per heavy atom. The van der Waals surface area contributed by atoms with E-state index in [0.717, 1.165) is 10.9 Å². The Kier molecular flexibility index (Phi) is 11.6. The summed E-state index contributed by atoms with van der Waals surface area (Å²) in [5.41, 5.74) is 14.1. The van der Waals surface area contributed by atoms with E-state index in [9.17, 15) is 0 Å². The zero-order valence-corrected chi connectivity index (χ0v) is 37.3. The molecule has 0 spiro atoms. The first-order valence-electron chi connectivity index (χ1n) is 22.2. The van der Waals surface area contributed by atoms with Crippen molar-refractivity contribution in [1.82, 2.24) is 0 Å². The molecule has 2 fully saturated rings. The molecule has 0 aromatic heterocycles. The molecule has 6 heteroatoms. The lowest BCUT2D eigenvalue weighted by atomic mass is 9.69. The average molecular weight is 767 g/mol. The second kappa shape index (κ2) is 15.8. The third-order valence-corrected chi connectivity index (χ3v) is 14.4. The van der Waals surface area contributed by atoms with Gasteiger partial charge in [-0.15, -0.1) is 0 Å². The molecule has 302 valence electrons. The van der Waals surface area contributed by atoms with Gasteiger partial charge in [-0.05, 0) is 161 Å². The molecule has 2 saturated heterocycles. The van der Waals surface area contributed by atoms with E-state index in [2.05, 4.69) is 156 Å². The van der Waals surface area contributed by atoms with Gasteiger partial charge in [0.1, 0.15) is 0 Å². The molecular weight excluding hydrogens is 698 g/mol. The first-order valence-corrected chi connectivity index (χ1v) is 22.2. The van der Waals surface area contributed by atoms with E-state index in [0.29, 0.717) is 0 Å². The summed E-state index contributed by atoms with van der Waals surface area (Å²) in [7, 11) is -0.734. The van der Waals surface area contributed by atoms with E-state index >= 15 is 0 Å². The lowest BCUT2D eigenvalue weighted by Crippen LogP contribution is -2.41. The Labute approximate surface area is 346 Å². The quantitative estimate of drug-likeness (QED) is 0.0946. The number of rotatable bonds is 14. The maximum absolute atomic E-state index is 6.44. The number of benzene rings is 4. The summed E-state index contributed by atoms with van der Waals surface area (Å²) >= 11 is 0. The SMILES string of the molecule is CCCCCCC1(CCCCCC)c2cc(-c3ccc(B4OC(C)(C)C(C)(C)O4)cc3C)ccc2-c2ccc(-c3ccc(B4OC(C)(C)C(C)(C)O4)cc3C)cc21. The van der Waals surface area contributed by atoms with Gasteiger partial charge in [0.25, 0.3) is 0 Å². The fourth-order valence-corrected chi connectivity index (χ4v) is 9.47. The maximum Gasteiger partial charge on any atom is 0.494 e. The highest BCUT2D eigenvalue weighted by Gasteiger charge is 2.53. The summed E-state index contributed by atoms with van der Waals surface area (Å²) in [5, 5.41) is 0. The second-order valence-electron chi connectivity index (χ2n) is 19.5.